The molecule has 0 aliphatic carbocycles. The molecule has 2 aliphatic rings. The van der Waals surface area contributed by atoms with Gasteiger partial charge in [-0.3, -0.25) is 9.80 Å². The van der Waals surface area contributed by atoms with E-state index in [2.05, 4.69) is 47.5 Å². The summed E-state index contributed by atoms with van der Waals surface area (Å²) in [5.41, 5.74) is 0. The van der Waals surface area contributed by atoms with Crippen LogP contribution >= 0.6 is 0 Å². The molecular weight excluding hydrogens is 462 g/mol. The zero-order valence-corrected chi connectivity index (χ0v) is 24.2. The minimum absolute atomic E-state index is 0.292. The molecule has 2 fully saturated rings. The molecule has 0 aromatic carbocycles. The van der Waals surface area contributed by atoms with Crippen molar-refractivity contribution in [3.63, 3.8) is 0 Å². The Bertz CT molecular complexity index is 734. The Labute approximate surface area is 226 Å². The van der Waals surface area contributed by atoms with Crippen LogP contribution in [0.2, 0.25) is 0 Å². The average Bonchev–Trinajstić information content (AvgIpc) is 3.00. The molecule has 210 valence electrons. The van der Waals surface area contributed by atoms with Gasteiger partial charge in [0.25, 0.3) is 0 Å². The Kier molecular flexibility index (Phi) is 19.3. The lowest BCUT2D eigenvalue weighted by Crippen LogP contribution is -2.47. The van der Waals surface area contributed by atoms with E-state index in [4.69, 9.17) is 5.11 Å². The summed E-state index contributed by atoms with van der Waals surface area (Å²) in [7, 11) is 0. The van der Waals surface area contributed by atoms with Gasteiger partial charge in [-0.05, 0) is 37.6 Å². The van der Waals surface area contributed by atoms with Crippen LogP contribution in [-0.2, 0) is 0 Å². The van der Waals surface area contributed by atoms with Gasteiger partial charge in [0.15, 0.2) is 0 Å². The maximum Gasteiger partial charge on any atom is 0.225 e. The molecule has 2 aromatic heterocycles. The van der Waals surface area contributed by atoms with Gasteiger partial charge in [-0.25, -0.2) is 15.0 Å². The molecule has 0 unspecified atom stereocenters. The Hall–Kier alpha value is -2.29. The summed E-state index contributed by atoms with van der Waals surface area (Å²) in [6.07, 6.45) is 10.3. The van der Waals surface area contributed by atoms with Gasteiger partial charge in [0.2, 0.25) is 5.95 Å². The predicted molar refractivity (Wildman–Crippen MR) is 157 cm³/mol. The second kappa shape index (κ2) is 21.8. The second-order valence-corrected chi connectivity index (χ2v) is 8.68. The molecular formula is C29H53N7O. The SMILES string of the molecule is CC.CC.CCCCCN1CCN(c2ncccn2)CC1.OCCCN1CCN(c2ccccn2)CC1. The number of nitrogens with zero attached hydrogens (tertiary/aromatic N) is 7. The zero-order chi connectivity index (χ0) is 27.1. The molecule has 2 aliphatic heterocycles. The maximum atomic E-state index is 8.78. The first-order chi connectivity index (χ1) is 18.3. The van der Waals surface area contributed by atoms with Crippen molar-refractivity contribution in [2.24, 2.45) is 0 Å². The van der Waals surface area contributed by atoms with Crippen molar-refractivity contribution in [3.05, 3.63) is 42.9 Å². The molecule has 8 heteroatoms. The van der Waals surface area contributed by atoms with Crippen molar-refractivity contribution in [3.8, 4) is 0 Å². The minimum atomic E-state index is 0.292. The quantitative estimate of drug-likeness (QED) is 0.492. The number of hydrogen-bond donors (Lipinski definition) is 1. The molecule has 0 amide bonds. The predicted octanol–water partition coefficient (Wildman–Crippen LogP) is 4.43. The number of anilines is 2. The Balaban J connectivity index is 0.000000327. The van der Waals surface area contributed by atoms with Crippen LogP contribution in [0.25, 0.3) is 0 Å². The van der Waals surface area contributed by atoms with Gasteiger partial charge in [-0.15, -0.1) is 0 Å². The highest BCUT2D eigenvalue weighted by molar-refractivity contribution is 5.38. The third kappa shape index (κ3) is 13.2. The summed E-state index contributed by atoms with van der Waals surface area (Å²) in [6, 6.07) is 7.90. The van der Waals surface area contributed by atoms with Crippen molar-refractivity contribution in [1.82, 2.24) is 24.8 Å². The van der Waals surface area contributed by atoms with Crippen LogP contribution in [0.1, 0.15) is 60.3 Å². The van der Waals surface area contributed by atoms with Gasteiger partial charge in [-0.2, -0.15) is 0 Å². The minimum Gasteiger partial charge on any atom is -0.396 e. The number of aliphatic hydroxyl groups excluding tert-OH is 1. The molecule has 8 nitrogen and oxygen atoms in total. The molecule has 0 spiro atoms. The summed E-state index contributed by atoms with van der Waals surface area (Å²) in [5.74, 6) is 1.95. The third-order valence-corrected chi connectivity index (χ3v) is 6.26. The summed E-state index contributed by atoms with van der Waals surface area (Å²) < 4.78 is 0. The molecule has 0 saturated carbocycles. The van der Waals surface area contributed by atoms with E-state index in [0.29, 0.717) is 6.61 Å². The molecule has 0 atom stereocenters. The third-order valence-electron chi connectivity index (χ3n) is 6.26. The van der Waals surface area contributed by atoms with Crippen LogP contribution in [-0.4, -0.2) is 102 Å². The van der Waals surface area contributed by atoms with E-state index in [1.54, 1.807) is 0 Å². The van der Waals surface area contributed by atoms with E-state index < -0.39 is 0 Å². The van der Waals surface area contributed by atoms with Gasteiger partial charge in [0.05, 0.1) is 0 Å². The highest BCUT2D eigenvalue weighted by Gasteiger charge is 2.18. The average molecular weight is 516 g/mol. The van der Waals surface area contributed by atoms with E-state index in [1.165, 1.54) is 25.8 Å². The maximum absolute atomic E-state index is 8.78. The molecule has 0 bridgehead atoms. The first kappa shape index (κ1) is 32.7. The number of hydrogen-bond acceptors (Lipinski definition) is 8. The first-order valence-electron chi connectivity index (χ1n) is 14.5. The number of aliphatic hydroxyl groups is 1. The Morgan fingerprint density at radius 2 is 1.19 bits per heavy atom. The fraction of sp³-hybridized carbons (Fsp3) is 0.690. The van der Waals surface area contributed by atoms with Crippen molar-refractivity contribution in [2.75, 3.05) is 81.9 Å². The fourth-order valence-electron chi connectivity index (χ4n) is 4.25. The van der Waals surface area contributed by atoms with Crippen LogP contribution in [0.15, 0.2) is 42.9 Å². The summed E-state index contributed by atoms with van der Waals surface area (Å²) in [4.78, 5) is 22.5. The number of rotatable bonds is 9. The Morgan fingerprint density at radius 3 is 1.70 bits per heavy atom. The molecule has 1 N–H and O–H groups in total. The van der Waals surface area contributed by atoms with Crippen molar-refractivity contribution in [1.29, 1.82) is 0 Å². The lowest BCUT2D eigenvalue weighted by atomic mass is 10.2. The van der Waals surface area contributed by atoms with Crippen LogP contribution in [0, 0.1) is 0 Å². The van der Waals surface area contributed by atoms with E-state index in [1.807, 2.05) is 64.5 Å². The van der Waals surface area contributed by atoms with Crippen molar-refractivity contribution < 1.29 is 5.11 Å². The van der Waals surface area contributed by atoms with Crippen molar-refractivity contribution in [2.45, 2.75) is 60.3 Å². The van der Waals surface area contributed by atoms with Gasteiger partial charge in [-0.1, -0.05) is 53.5 Å². The first-order valence-corrected chi connectivity index (χ1v) is 14.5. The van der Waals surface area contributed by atoms with Crippen molar-refractivity contribution >= 4 is 11.8 Å². The monoisotopic (exact) mass is 515 g/mol. The number of piperazine rings is 2. The fourth-order valence-corrected chi connectivity index (χ4v) is 4.25. The van der Waals surface area contributed by atoms with E-state index in [-0.39, 0.29) is 0 Å². The van der Waals surface area contributed by atoms with Crippen LogP contribution < -0.4 is 9.80 Å². The number of pyridine rings is 1. The summed E-state index contributed by atoms with van der Waals surface area (Å²) >= 11 is 0. The second-order valence-electron chi connectivity index (χ2n) is 8.68. The van der Waals surface area contributed by atoms with Crippen LogP contribution in [0.4, 0.5) is 11.8 Å². The molecule has 0 radical (unpaired) electrons. The molecule has 4 heterocycles. The van der Waals surface area contributed by atoms with Crippen LogP contribution in [0.3, 0.4) is 0 Å². The van der Waals surface area contributed by atoms with Gasteiger partial charge in [0.1, 0.15) is 5.82 Å². The standard InChI is InChI=1S/C13H22N4.C12H19N3O.2C2H6/c1-2-3-4-8-16-9-11-17(12-10-16)13-14-6-5-7-15-13;16-11-3-6-14-7-9-15(10-8-14)12-4-1-2-5-13-12;2*1-2/h5-7H,2-4,8-12H2,1H3;1-2,4-5,16H,3,6-11H2;2*1-2H3. The van der Waals surface area contributed by atoms with Crippen LogP contribution in [0.5, 0.6) is 0 Å². The topological polar surface area (TPSA) is 71.9 Å². The highest BCUT2D eigenvalue weighted by Crippen LogP contribution is 2.12. The Morgan fingerprint density at radius 1 is 0.649 bits per heavy atom. The van der Waals surface area contributed by atoms with E-state index in [9.17, 15) is 0 Å². The van der Waals surface area contributed by atoms with E-state index >= 15 is 0 Å². The largest absolute Gasteiger partial charge is 0.396 e. The lowest BCUT2D eigenvalue weighted by molar-refractivity contribution is 0.215. The lowest BCUT2D eigenvalue weighted by Gasteiger charge is -2.35. The normalized spacial score (nSPS) is 15.9. The number of unbranched alkanes of at least 4 members (excludes halogenated alkanes) is 2. The van der Waals surface area contributed by atoms with Gasteiger partial charge in [0, 0.05) is 84.1 Å². The van der Waals surface area contributed by atoms with E-state index in [0.717, 1.165) is 77.1 Å². The van der Waals surface area contributed by atoms with Gasteiger partial charge >= 0.3 is 0 Å². The molecule has 2 saturated heterocycles. The summed E-state index contributed by atoms with van der Waals surface area (Å²) in [5, 5.41) is 8.78. The zero-order valence-electron chi connectivity index (χ0n) is 24.2. The highest BCUT2D eigenvalue weighted by atomic mass is 16.3. The molecule has 37 heavy (non-hydrogen) atoms. The number of aromatic nitrogens is 3. The summed E-state index contributed by atoms with van der Waals surface area (Å²) in [6.45, 7) is 21.4. The molecule has 4 rings (SSSR count). The van der Waals surface area contributed by atoms with Gasteiger partial charge < -0.3 is 14.9 Å². The smallest absolute Gasteiger partial charge is 0.225 e. The molecule has 2 aromatic rings.